The van der Waals surface area contributed by atoms with E-state index in [1.165, 1.54) is 6.42 Å². The summed E-state index contributed by atoms with van der Waals surface area (Å²) < 4.78 is 0. The lowest BCUT2D eigenvalue weighted by Crippen LogP contribution is -2.47. The third-order valence-electron chi connectivity index (χ3n) is 5.92. The van der Waals surface area contributed by atoms with E-state index in [0.29, 0.717) is 18.8 Å². The van der Waals surface area contributed by atoms with Crippen molar-refractivity contribution in [3.8, 4) is 0 Å². The van der Waals surface area contributed by atoms with Gasteiger partial charge in [-0.1, -0.05) is 12.1 Å². The zero-order valence-corrected chi connectivity index (χ0v) is 15.8. The normalized spacial score (nSPS) is 21.9. The number of hydrogen-bond acceptors (Lipinski definition) is 5. The molecule has 3 aliphatic rings. The molecule has 144 valence electrons. The second-order valence-corrected chi connectivity index (χ2v) is 7.81. The molecule has 2 bridgehead atoms. The lowest BCUT2D eigenvalue weighted by molar-refractivity contribution is -0.135. The highest BCUT2D eigenvalue weighted by Crippen LogP contribution is 2.30. The molecule has 6 rings (SSSR count). The van der Waals surface area contributed by atoms with Gasteiger partial charge < -0.3 is 14.8 Å². The van der Waals surface area contributed by atoms with Gasteiger partial charge in [0.05, 0.1) is 17.2 Å². The first kappa shape index (κ1) is 17.2. The molecule has 5 heterocycles. The summed E-state index contributed by atoms with van der Waals surface area (Å²) in [6.45, 7) is 2.63. The second-order valence-electron chi connectivity index (χ2n) is 7.81. The number of carbonyl (C=O) groups is 1. The van der Waals surface area contributed by atoms with Crippen molar-refractivity contribution in [2.45, 2.75) is 31.7 Å². The van der Waals surface area contributed by atoms with Gasteiger partial charge in [-0.2, -0.15) is 0 Å². The Labute approximate surface area is 163 Å². The van der Waals surface area contributed by atoms with E-state index in [0.717, 1.165) is 48.7 Å². The van der Waals surface area contributed by atoms with Crippen LogP contribution in [0.3, 0.4) is 0 Å². The number of rotatable bonds is 4. The molecule has 1 N–H and O–H groups in total. The van der Waals surface area contributed by atoms with Crippen LogP contribution in [0.25, 0.3) is 11.0 Å². The number of H-pyrrole nitrogens is 1. The average molecular weight is 376 g/mol. The van der Waals surface area contributed by atoms with E-state index in [1.807, 2.05) is 30.5 Å². The summed E-state index contributed by atoms with van der Waals surface area (Å²) in [5, 5.41) is 0. The number of hydrogen-bond donors (Lipinski definition) is 1. The number of carbonyl (C=O) groups excluding carboxylic acids is 1. The minimum absolute atomic E-state index is 0.233. The van der Waals surface area contributed by atoms with Crippen molar-refractivity contribution in [2.75, 3.05) is 24.5 Å². The number of aromatic nitrogens is 4. The molecule has 3 aromatic rings. The molecule has 2 atom stereocenters. The number of amides is 1. The molecule has 0 aliphatic carbocycles. The highest BCUT2D eigenvalue weighted by atomic mass is 16.2. The van der Waals surface area contributed by atoms with E-state index in [2.05, 4.69) is 29.7 Å². The van der Waals surface area contributed by atoms with Gasteiger partial charge in [-0.25, -0.2) is 9.97 Å². The number of nitrogens with zero attached hydrogens (tertiary/aromatic N) is 5. The minimum atomic E-state index is 0.233. The van der Waals surface area contributed by atoms with Gasteiger partial charge in [0.1, 0.15) is 11.6 Å². The maximum atomic E-state index is 13.0. The molecule has 3 saturated heterocycles. The van der Waals surface area contributed by atoms with Crippen molar-refractivity contribution in [1.29, 1.82) is 0 Å². The maximum absolute atomic E-state index is 13.0. The summed E-state index contributed by atoms with van der Waals surface area (Å²) in [6.07, 6.45) is 8.64. The lowest BCUT2D eigenvalue weighted by Gasteiger charge is -2.36. The molecule has 7 heteroatoms. The summed E-state index contributed by atoms with van der Waals surface area (Å²) in [4.78, 5) is 34.0. The number of aryl methyl sites for hydroxylation is 1. The molecule has 1 amide bonds. The molecule has 0 saturated carbocycles. The molecule has 0 unspecified atom stereocenters. The zero-order chi connectivity index (χ0) is 18.9. The zero-order valence-electron chi connectivity index (χ0n) is 15.8. The van der Waals surface area contributed by atoms with Crippen molar-refractivity contribution in [3.05, 3.63) is 48.7 Å². The smallest absolute Gasteiger partial charge is 0.223 e. The summed E-state index contributed by atoms with van der Waals surface area (Å²) in [5.74, 6) is 2.53. The molecule has 1 aromatic carbocycles. The minimum Gasteiger partial charge on any atom is -0.353 e. The standard InChI is InChI=1S/C21H24N6O/c28-21(8-7-19-24-17-3-1-2-4-18(17)25-19)27-13-15-5-6-16(27)14-26(12-15)20-11-22-9-10-23-20/h1-4,9-11,15-16H,5-8,12-14H2,(H,24,25)/t15-,16+/m0/s1. The Kier molecular flexibility index (Phi) is 4.43. The fraction of sp³-hybridized carbons (Fsp3) is 0.429. The van der Waals surface area contributed by atoms with Crippen molar-refractivity contribution in [3.63, 3.8) is 0 Å². The molecule has 0 radical (unpaired) electrons. The highest BCUT2D eigenvalue weighted by molar-refractivity contribution is 5.78. The predicted octanol–water partition coefficient (Wildman–Crippen LogP) is 2.41. The number of aromatic amines is 1. The van der Waals surface area contributed by atoms with Gasteiger partial charge >= 0.3 is 0 Å². The van der Waals surface area contributed by atoms with E-state index in [1.54, 1.807) is 12.4 Å². The van der Waals surface area contributed by atoms with Gasteiger partial charge in [-0.05, 0) is 30.9 Å². The Morgan fingerprint density at radius 3 is 2.93 bits per heavy atom. The fourth-order valence-corrected chi connectivity index (χ4v) is 4.52. The second kappa shape index (κ2) is 7.22. The van der Waals surface area contributed by atoms with Crippen molar-refractivity contribution >= 4 is 22.8 Å². The fourth-order valence-electron chi connectivity index (χ4n) is 4.52. The van der Waals surface area contributed by atoms with E-state index >= 15 is 0 Å². The first-order valence-corrected chi connectivity index (χ1v) is 10.0. The van der Waals surface area contributed by atoms with Gasteiger partial charge in [0, 0.05) is 50.9 Å². The van der Waals surface area contributed by atoms with Gasteiger partial charge in [0.25, 0.3) is 0 Å². The summed E-state index contributed by atoms with van der Waals surface area (Å²) in [5.41, 5.74) is 1.98. The number of para-hydroxylation sites is 2. The van der Waals surface area contributed by atoms with Gasteiger partial charge in [0.15, 0.2) is 0 Å². The predicted molar refractivity (Wildman–Crippen MR) is 107 cm³/mol. The first-order valence-electron chi connectivity index (χ1n) is 10.0. The first-order chi connectivity index (χ1) is 13.8. The van der Waals surface area contributed by atoms with Crippen LogP contribution in [0.2, 0.25) is 0 Å². The van der Waals surface area contributed by atoms with E-state index in [-0.39, 0.29) is 11.9 Å². The largest absolute Gasteiger partial charge is 0.353 e. The third-order valence-corrected chi connectivity index (χ3v) is 5.92. The topological polar surface area (TPSA) is 78.0 Å². The molecule has 2 aromatic heterocycles. The van der Waals surface area contributed by atoms with Crippen LogP contribution < -0.4 is 4.90 Å². The monoisotopic (exact) mass is 376 g/mol. The van der Waals surface area contributed by atoms with Crippen molar-refractivity contribution in [2.24, 2.45) is 5.92 Å². The van der Waals surface area contributed by atoms with Crippen LogP contribution in [0, 0.1) is 5.92 Å². The number of fused-ring (bicyclic) bond motifs is 5. The van der Waals surface area contributed by atoms with Gasteiger partial charge in [-0.3, -0.25) is 9.78 Å². The Morgan fingerprint density at radius 2 is 2.07 bits per heavy atom. The van der Waals surface area contributed by atoms with E-state index in [4.69, 9.17) is 0 Å². The number of anilines is 1. The van der Waals surface area contributed by atoms with Crippen molar-refractivity contribution < 1.29 is 4.79 Å². The molecular weight excluding hydrogens is 352 g/mol. The molecular formula is C21H24N6O. The Balaban J connectivity index is 1.26. The number of piperidine rings is 1. The Bertz CT molecular complexity index is 938. The maximum Gasteiger partial charge on any atom is 0.223 e. The van der Waals surface area contributed by atoms with Crippen molar-refractivity contribution in [1.82, 2.24) is 24.8 Å². The van der Waals surface area contributed by atoms with Crippen LogP contribution in [0.5, 0.6) is 0 Å². The van der Waals surface area contributed by atoms with Crippen LogP contribution in [-0.2, 0) is 11.2 Å². The number of imidazole rings is 1. The lowest BCUT2D eigenvalue weighted by atomic mass is 9.94. The molecule has 3 aliphatic heterocycles. The number of benzene rings is 1. The molecule has 7 nitrogen and oxygen atoms in total. The Morgan fingerprint density at radius 1 is 1.14 bits per heavy atom. The van der Waals surface area contributed by atoms with Crippen LogP contribution >= 0.6 is 0 Å². The molecule has 0 spiro atoms. The number of nitrogens with one attached hydrogen (secondary N) is 1. The van der Waals surface area contributed by atoms with Crippen LogP contribution in [0.15, 0.2) is 42.9 Å². The summed E-state index contributed by atoms with van der Waals surface area (Å²) >= 11 is 0. The summed E-state index contributed by atoms with van der Waals surface area (Å²) in [7, 11) is 0. The Hall–Kier alpha value is -2.96. The molecule has 3 fully saturated rings. The quantitative estimate of drug-likeness (QED) is 0.757. The SMILES string of the molecule is O=C(CCc1nc2ccccc2[nH]1)N1C[C@H]2CC[C@@H]1CN(c1cnccn1)C2. The van der Waals surface area contributed by atoms with Crippen LogP contribution in [0.1, 0.15) is 25.1 Å². The van der Waals surface area contributed by atoms with E-state index in [9.17, 15) is 4.79 Å². The van der Waals surface area contributed by atoms with Gasteiger partial charge in [0.2, 0.25) is 5.91 Å². The van der Waals surface area contributed by atoms with Gasteiger partial charge in [-0.15, -0.1) is 0 Å². The van der Waals surface area contributed by atoms with Crippen LogP contribution in [0.4, 0.5) is 5.82 Å². The highest BCUT2D eigenvalue weighted by Gasteiger charge is 2.37. The third kappa shape index (κ3) is 3.32. The van der Waals surface area contributed by atoms with E-state index < -0.39 is 0 Å². The average Bonchev–Trinajstić information content (AvgIpc) is 2.92. The van der Waals surface area contributed by atoms with Crippen LogP contribution in [-0.4, -0.2) is 56.4 Å². The molecule has 28 heavy (non-hydrogen) atoms. The summed E-state index contributed by atoms with van der Waals surface area (Å²) in [6, 6.07) is 8.24.